The molecule has 5 aromatic carbocycles. The minimum atomic E-state index is 1.01. The number of fused-ring (bicyclic) bond motifs is 11. The van der Waals surface area contributed by atoms with Gasteiger partial charge in [-0.05, 0) is 91.7 Å². The first-order chi connectivity index (χ1) is 17.3. The fourth-order valence-electron chi connectivity index (χ4n) is 7.26. The lowest BCUT2D eigenvalue weighted by atomic mass is 9.81. The quantitative estimate of drug-likeness (QED) is 0.228. The lowest BCUT2D eigenvalue weighted by Gasteiger charge is -2.40. The Kier molecular flexibility index (Phi) is 3.29. The van der Waals surface area contributed by atoms with Crippen molar-refractivity contribution >= 4 is 17.1 Å². The predicted molar refractivity (Wildman–Crippen MR) is 143 cm³/mol. The first-order valence-corrected chi connectivity index (χ1v) is 12.7. The van der Waals surface area contributed by atoms with Gasteiger partial charge in [-0.25, -0.2) is 0 Å². The fraction of sp³-hybridized carbons (Fsp3) is 0.118. The SMILES string of the molecule is c1ccc2c(c1)Cc1cc3c(cc1-2)N1c2ccccc2Cc2cc4c(c(c21)C3)-c1ccccc1C4. The van der Waals surface area contributed by atoms with Crippen molar-refractivity contribution in [3.63, 3.8) is 0 Å². The summed E-state index contributed by atoms with van der Waals surface area (Å²) in [4.78, 5) is 2.60. The van der Waals surface area contributed by atoms with Gasteiger partial charge in [-0.2, -0.15) is 0 Å². The van der Waals surface area contributed by atoms with Crippen molar-refractivity contribution < 1.29 is 0 Å². The van der Waals surface area contributed by atoms with Gasteiger partial charge in [-0.3, -0.25) is 0 Å². The average Bonchev–Trinajstić information content (AvgIpc) is 3.44. The van der Waals surface area contributed by atoms with Crippen LogP contribution >= 0.6 is 0 Å². The lowest BCUT2D eigenvalue weighted by molar-refractivity contribution is 1.00. The molecule has 0 fully saturated rings. The molecule has 0 saturated heterocycles. The largest absolute Gasteiger partial charge is 0.309 e. The van der Waals surface area contributed by atoms with E-state index < -0.39 is 0 Å². The van der Waals surface area contributed by atoms with Gasteiger partial charge in [-0.1, -0.05) is 78.9 Å². The van der Waals surface area contributed by atoms with Gasteiger partial charge in [0.25, 0.3) is 0 Å². The third-order valence-corrected chi connectivity index (χ3v) is 8.67. The number of anilines is 3. The van der Waals surface area contributed by atoms with Crippen LogP contribution in [-0.4, -0.2) is 0 Å². The topological polar surface area (TPSA) is 3.24 Å². The molecule has 0 N–H and O–H groups in total. The van der Waals surface area contributed by atoms with Gasteiger partial charge in [0.05, 0.1) is 11.4 Å². The first kappa shape index (κ1) is 18.3. The number of nitrogens with zero attached hydrogens (tertiary/aromatic N) is 1. The van der Waals surface area contributed by atoms with Crippen molar-refractivity contribution in [1.82, 2.24) is 0 Å². The highest BCUT2D eigenvalue weighted by Crippen LogP contribution is 2.56. The molecule has 1 nitrogen and oxygen atoms in total. The Bertz CT molecular complexity index is 1760. The van der Waals surface area contributed by atoms with E-state index in [-0.39, 0.29) is 0 Å². The molecule has 0 saturated carbocycles. The van der Waals surface area contributed by atoms with Crippen molar-refractivity contribution in [2.24, 2.45) is 0 Å². The maximum absolute atomic E-state index is 2.60. The van der Waals surface area contributed by atoms with Crippen molar-refractivity contribution in [1.29, 1.82) is 0 Å². The molecule has 4 aliphatic rings. The van der Waals surface area contributed by atoms with Crippen LogP contribution in [0.15, 0.2) is 91.0 Å². The molecule has 0 spiro atoms. The van der Waals surface area contributed by atoms with E-state index in [1.165, 1.54) is 83.8 Å². The summed E-state index contributed by atoms with van der Waals surface area (Å²) >= 11 is 0. The Labute approximate surface area is 205 Å². The number of para-hydroxylation sites is 1. The molecule has 164 valence electrons. The van der Waals surface area contributed by atoms with E-state index in [0.717, 1.165) is 25.7 Å². The zero-order chi connectivity index (χ0) is 22.7. The summed E-state index contributed by atoms with van der Waals surface area (Å²) in [6.45, 7) is 0. The summed E-state index contributed by atoms with van der Waals surface area (Å²) in [6, 6.07) is 34.5. The Morgan fingerprint density at radius 1 is 0.429 bits per heavy atom. The van der Waals surface area contributed by atoms with Crippen LogP contribution < -0.4 is 4.90 Å². The molecule has 5 aromatic rings. The number of rotatable bonds is 0. The zero-order valence-electron chi connectivity index (χ0n) is 19.4. The lowest BCUT2D eigenvalue weighted by Crippen LogP contribution is -2.25. The summed E-state index contributed by atoms with van der Waals surface area (Å²) in [5.74, 6) is 0. The second-order valence-corrected chi connectivity index (χ2v) is 10.5. The molecular formula is C34H23N. The number of hydrogen-bond acceptors (Lipinski definition) is 1. The Morgan fingerprint density at radius 2 is 1.09 bits per heavy atom. The van der Waals surface area contributed by atoms with Crippen molar-refractivity contribution in [3.8, 4) is 22.3 Å². The first-order valence-electron chi connectivity index (χ1n) is 12.7. The van der Waals surface area contributed by atoms with Crippen LogP contribution in [0.3, 0.4) is 0 Å². The van der Waals surface area contributed by atoms with Gasteiger partial charge < -0.3 is 4.90 Å². The van der Waals surface area contributed by atoms with Crippen molar-refractivity contribution in [2.45, 2.75) is 25.7 Å². The average molecular weight is 446 g/mol. The van der Waals surface area contributed by atoms with Gasteiger partial charge in [-0.15, -0.1) is 0 Å². The molecule has 2 aliphatic carbocycles. The van der Waals surface area contributed by atoms with E-state index in [1.807, 2.05) is 0 Å². The van der Waals surface area contributed by atoms with E-state index in [2.05, 4.69) is 95.9 Å². The Morgan fingerprint density at radius 3 is 1.97 bits per heavy atom. The fourth-order valence-corrected chi connectivity index (χ4v) is 7.26. The highest BCUT2D eigenvalue weighted by molar-refractivity contribution is 5.97. The van der Waals surface area contributed by atoms with Crippen molar-refractivity contribution in [3.05, 3.63) is 136 Å². The molecule has 2 aliphatic heterocycles. The minimum absolute atomic E-state index is 1.01. The van der Waals surface area contributed by atoms with Crippen LogP contribution in [0, 0.1) is 0 Å². The van der Waals surface area contributed by atoms with E-state index in [0.29, 0.717) is 0 Å². The standard InChI is InChI=1S/C34H23N/c1-4-10-27-20(7-1)13-23-16-24-18-30-33-25(14-21-8-2-5-11-28(21)33)17-26-15-22-9-3-6-12-31(22)35(34(26)30)32(24)19-29(23)27/h1-12,16-17,19H,13-15,18H2. The van der Waals surface area contributed by atoms with E-state index in [1.54, 1.807) is 0 Å². The molecule has 35 heavy (non-hydrogen) atoms. The minimum Gasteiger partial charge on any atom is -0.309 e. The van der Waals surface area contributed by atoms with Crippen LogP contribution in [0.2, 0.25) is 0 Å². The highest BCUT2D eigenvalue weighted by atomic mass is 15.2. The van der Waals surface area contributed by atoms with E-state index in [4.69, 9.17) is 0 Å². The Balaban J connectivity index is 1.36. The second kappa shape index (κ2) is 6.31. The zero-order valence-corrected chi connectivity index (χ0v) is 19.4. The maximum Gasteiger partial charge on any atom is 0.0539 e. The second-order valence-electron chi connectivity index (χ2n) is 10.5. The molecule has 9 rings (SSSR count). The predicted octanol–water partition coefficient (Wildman–Crippen LogP) is 8.11. The maximum atomic E-state index is 2.60. The summed E-state index contributed by atoms with van der Waals surface area (Å²) in [6.07, 6.45) is 4.13. The van der Waals surface area contributed by atoms with E-state index in [9.17, 15) is 0 Å². The van der Waals surface area contributed by atoms with Crippen molar-refractivity contribution in [2.75, 3.05) is 4.90 Å². The third-order valence-electron chi connectivity index (χ3n) is 8.67. The van der Waals surface area contributed by atoms with Crippen LogP contribution in [0.1, 0.15) is 44.5 Å². The summed E-state index contributed by atoms with van der Waals surface area (Å²) in [5, 5.41) is 0. The molecule has 0 bridgehead atoms. The van der Waals surface area contributed by atoms with Crippen LogP contribution in [0.25, 0.3) is 22.3 Å². The summed E-state index contributed by atoms with van der Waals surface area (Å²) in [7, 11) is 0. The van der Waals surface area contributed by atoms with Gasteiger partial charge >= 0.3 is 0 Å². The molecule has 1 heteroatoms. The highest BCUT2D eigenvalue weighted by Gasteiger charge is 2.37. The summed E-state index contributed by atoms with van der Waals surface area (Å²) < 4.78 is 0. The summed E-state index contributed by atoms with van der Waals surface area (Å²) in [5.41, 5.74) is 21.7. The number of benzene rings is 5. The normalized spacial score (nSPS) is 14.9. The Hall–Kier alpha value is -4.10. The van der Waals surface area contributed by atoms with Gasteiger partial charge in [0.1, 0.15) is 0 Å². The van der Waals surface area contributed by atoms with Crippen LogP contribution in [-0.2, 0) is 25.7 Å². The molecular weight excluding hydrogens is 422 g/mol. The van der Waals surface area contributed by atoms with E-state index >= 15 is 0 Å². The smallest absolute Gasteiger partial charge is 0.0539 e. The molecule has 0 aromatic heterocycles. The van der Waals surface area contributed by atoms with Gasteiger partial charge in [0.15, 0.2) is 0 Å². The monoisotopic (exact) mass is 445 g/mol. The van der Waals surface area contributed by atoms with Crippen LogP contribution in [0.5, 0.6) is 0 Å². The van der Waals surface area contributed by atoms with Gasteiger partial charge in [0.2, 0.25) is 0 Å². The number of hydrogen-bond donors (Lipinski definition) is 0. The molecule has 0 radical (unpaired) electrons. The third kappa shape index (κ3) is 2.29. The molecule has 0 amide bonds. The van der Waals surface area contributed by atoms with Gasteiger partial charge in [0, 0.05) is 18.5 Å². The van der Waals surface area contributed by atoms with Crippen LogP contribution in [0.4, 0.5) is 17.1 Å². The molecule has 2 heterocycles. The molecule has 0 unspecified atom stereocenters. The molecule has 0 atom stereocenters.